The first-order valence-corrected chi connectivity index (χ1v) is 8.19. The third-order valence-electron chi connectivity index (χ3n) is 3.76. The lowest BCUT2D eigenvalue weighted by Gasteiger charge is -2.12. The molecule has 0 unspecified atom stereocenters. The van der Waals surface area contributed by atoms with Crippen molar-refractivity contribution in [1.29, 1.82) is 0 Å². The quantitative estimate of drug-likeness (QED) is 0.671. The van der Waals surface area contributed by atoms with E-state index in [0.717, 1.165) is 17.0 Å². The number of nitrogens with zero attached hydrogens (tertiary/aromatic N) is 1. The van der Waals surface area contributed by atoms with Gasteiger partial charge in [0.05, 0.1) is 4.91 Å². The van der Waals surface area contributed by atoms with E-state index < -0.39 is 0 Å². The number of thioether (sulfide) groups is 1. The van der Waals surface area contributed by atoms with Crippen molar-refractivity contribution >= 4 is 40.3 Å². The molecule has 22 heavy (non-hydrogen) atoms. The minimum absolute atomic E-state index is 0.115. The molecule has 3 rings (SSSR count). The molecule has 1 saturated heterocycles. The van der Waals surface area contributed by atoms with Crippen LogP contribution in [0.15, 0.2) is 35.2 Å². The second kappa shape index (κ2) is 5.74. The first-order valence-electron chi connectivity index (χ1n) is 6.97. The molecular weight excluding hydrogens is 312 g/mol. The van der Waals surface area contributed by atoms with Crippen LogP contribution in [-0.2, 0) is 4.79 Å². The summed E-state index contributed by atoms with van der Waals surface area (Å²) in [4.78, 5) is 12.5. The first kappa shape index (κ1) is 15.1. The molecule has 0 saturated carbocycles. The fourth-order valence-corrected chi connectivity index (χ4v) is 3.72. The van der Waals surface area contributed by atoms with E-state index in [9.17, 15) is 4.79 Å². The number of aryl methyl sites for hydroxylation is 2. The Morgan fingerprint density at radius 1 is 1.23 bits per heavy atom. The molecule has 1 N–H and O–H groups in total. The summed E-state index contributed by atoms with van der Waals surface area (Å²) in [5, 5.41) is 2.65. The van der Waals surface area contributed by atoms with Gasteiger partial charge >= 0.3 is 0 Å². The zero-order valence-electron chi connectivity index (χ0n) is 12.6. The van der Waals surface area contributed by atoms with Crippen molar-refractivity contribution in [3.05, 3.63) is 57.8 Å². The van der Waals surface area contributed by atoms with Gasteiger partial charge < -0.3 is 9.88 Å². The SMILES string of the molecule is Cc1ccccc1-n1c(C)cc(/C=C2\SC(=S)NC2=O)c1C. The Labute approximate surface area is 139 Å². The molecule has 2 heterocycles. The number of hydrogen-bond donors (Lipinski definition) is 1. The van der Waals surface area contributed by atoms with E-state index in [-0.39, 0.29) is 5.91 Å². The largest absolute Gasteiger partial charge is 0.318 e. The Bertz CT molecular complexity index is 818. The molecule has 0 spiro atoms. The Kier molecular flexibility index (Phi) is 3.93. The van der Waals surface area contributed by atoms with E-state index in [1.165, 1.54) is 23.0 Å². The number of hydrogen-bond acceptors (Lipinski definition) is 3. The molecule has 112 valence electrons. The molecule has 0 radical (unpaired) electrons. The predicted octanol–water partition coefficient (Wildman–Crippen LogP) is 3.89. The number of amides is 1. The van der Waals surface area contributed by atoms with E-state index >= 15 is 0 Å². The number of carbonyl (C=O) groups excluding carboxylic acids is 1. The van der Waals surface area contributed by atoms with Crippen LogP contribution < -0.4 is 5.32 Å². The third kappa shape index (κ3) is 2.62. The second-order valence-electron chi connectivity index (χ2n) is 5.30. The molecule has 0 atom stereocenters. The molecule has 1 amide bonds. The van der Waals surface area contributed by atoms with Gasteiger partial charge in [-0.2, -0.15) is 0 Å². The van der Waals surface area contributed by atoms with E-state index in [1.807, 2.05) is 18.2 Å². The zero-order chi connectivity index (χ0) is 15.9. The monoisotopic (exact) mass is 328 g/mol. The van der Waals surface area contributed by atoms with Gasteiger partial charge in [0, 0.05) is 17.1 Å². The van der Waals surface area contributed by atoms with Crippen molar-refractivity contribution in [1.82, 2.24) is 9.88 Å². The number of aromatic nitrogens is 1. The fraction of sp³-hybridized carbons (Fsp3) is 0.176. The molecule has 1 aromatic carbocycles. The van der Waals surface area contributed by atoms with Gasteiger partial charge in [-0.1, -0.05) is 42.2 Å². The minimum Gasteiger partial charge on any atom is -0.318 e. The average molecular weight is 328 g/mol. The molecule has 2 aromatic rings. The van der Waals surface area contributed by atoms with Gasteiger partial charge in [0.1, 0.15) is 4.32 Å². The third-order valence-corrected chi connectivity index (χ3v) is 4.92. The van der Waals surface area contributed by atoms with Crippen molar-refractivity contribution in [2.75, 3.05) is 0 Å². The number of carbonyl (C=O) groups is 1. The maximum absolute atomic E-state index is 11.8. The number of nitrogens with one attached hydrogen (secondary N) is 1. The summed E-state index contributed by atoms with van der Waals surface area (Å²) < 4.78 is 2.74. The van der Waals surface area contributed by atoms with Crippen LogP contribution in [0.1, 0.15) is 22.5 Å². The van der Waals surface area contributed by atoms with E-state index in [1.54, 1.807) is 0 Å². The molecule has 1 aliphatic heterocycles. The van der Waals surface area contributed by atoms with Gasteiger partial charge in [0.15, 0.2) is 0 Å². The second-order valence-corrected chi connectivity index (χ2v) is 7.02. The molecular formula is C17H16N2OS2. The van der Waals surface area contributed by atoms with E-state index in [2.05, 4.69) is 48.9 Å². The van der Waals surface area contributed by atoms with Crippen LogP contribution >= 0.6 is 24.0 Å². The summed E-state index contributed by atoms with van der Waals surface area (Å²) in [6.07, 6.45) is 1.91. The van der Waals surface area contributed by atoms with E-state index in [0.29, 0.717) is 9.23 Å². The van der Waals surface area contributed by atoms with Crippen molar-refractivity contribution in [2.24, 2.45) is 0 Å². The lowest BCUT2D eigenvalue weighted by Crippen LogP contribution is -2.17. The molecule has 1 fully saturated rings. The highest BCUT2D eigenvalue weighted by atomic mass is 32.2. The molecule has 0 aliphatic carbocycles. The average Bonchev–Trinajstić information content (AvgIpc) is 2.91. The van der Waals surface area contributed by atoms with Gasteiger partial charge in [-0.05, 0) is 50.1 Å². The summed E-state index contributed by atoms with van der Waals surface area (Å²) in [6, 6.07) is 10.4. The van der Waals surface area contributed by atoms with E-state index in [4.69, 9.17) is 12.2 Å². The van der Waals surface area contributed by atoms with Gasteiger partial charge in [0.25, 0.3) is 5.91 Å². The first-order chi connectivity index (χ1) is 10.5. The summed E-state index contributed by atoms with van der Waals surface area (Å²) in [5.74, 6) is -0.115. The summed E-state index contributed by atoms with van der Waals surface area (Å²) in [7, 11) is 0. The smallest absolute Gasteiger partial charge is 0.263 e. The van der Waals surface area contributed by atoms with Gasteiger partial charge in [-0.15, -0.1) is 0 Å². The topological polar surface area (TPSA) is 34.0 Å². The van der Waals surface area contributed by atoms with Crippen molar-refractivity contribution in [2.45, 2.75) is 20.8 Å². The van der Waals surface area contributed by atoms with Crippen LogP contribution in [0, 0.1) is 20.8 Å². The molecule has 1 aromatic heterocycles. The summed E-state index contributed by atoms with van der Waals surface area (Å²) in [6.45, 7) is 6.25. The van der Waals surface area contributed by atoms with Crippen molar-refractivity contribution in [3.63, 3.8) is 0 Å². The number of rotatable bonds is 2. The molecule has 3 nitrogen and oxygen atoms in total. The molecule has 1 aliphatic rings. The van der Waals surface area contributed by atoms with Crippen molar-refractivity contribution in [3.8, 4) is 5.69 Å². The van der Waals surface area contributed by atoms with Crippen molar-refractivity contribution < 1.29 is 4.79 Å². The van der Waals surface area contributed by atoms with Crippen LogP contribution in [0.2, 0.25) is 0 Å². The Morgan fingerprint density at radius 2 is 1.95 bits per heavy atom. The maximum atomic E-state index is 11.8. The normalized spacial score (nSPS) is 16.4. The van der Waals surface area contributed by atoms with Crippen LogP contribution in [0.5, 0.6) is 0 Å². The zero-order valence-corrected chi connectivity index (χ0v) is 14.3. The van der Waals surface area contributed by atoms with Crippen LogP contribution in [0.25, 0.3) is 11.8 Å². The highest BCUT2D eigenvalue weighted by Crippen LogP contribution is 2.29. The number of benzene rings is 1. The van der Waals surface area contributed by atoms with Gasteiger partial charge in [0.2, 0.25) is 0 Å². The van der Waals surface area contributed by atoms with Crippen LogP contribution in [0.4, 0.5) is 0 Å². The van der Waals surface area contributed by atoms with Gasteiger partial charge in [-0.3, -0.25) is 4.79 Å². The maximum Gasteiger partial charge on any atom is 0.263 e. The van der Waals surface area contributed by atoms with Gasteiger partial charge in [-0.25, -0.2) is 0 Å². The number of thiocarbonyl (C=S) groups is 1. The lowest BCUT2D eigenvalue weighted by molar-refractivity contribution is -0.115. The molecule has 5 heteroatoms. The van der Waals surface area contributed by atoms with Crippen LogP contribution in [0.3, 0.4) is 0 Å². The Morgan fingerprint density at radius 3 is 2.59 bits per heavy atom. The molecule has 0 bridgehead atoms. The summed E-state index contributed by atoms with van der Waals surface area (Å²) in [5.41, 5.74) is 5.69. The fourth-order valence-electron chi connectivity index (χ4n) is 2.68. The highest BCUT2D eigenvalue weighted by Gasteiger charge is 2.23. The number of para-hydroxylation sites is 1. The highest BCUT2D eigenvalue weighted by molar-refractivity contribution is 8.26. The summed E-state index contributed by atoms with van der Waals surface area (Å²) >= 11 is 6.35. The minimum atomic E-state index is -0.115. The standard InChI is InChI=1S/C17H16N2OS2/c1-10-6-4-5-7-14(10)19-11(2)8-13(12(19)3)9-15-16(20)18-17(21)22-15/h4-9H,1-3H3,(H,18,20,21)/b15-9-. The predicted molar refractivity (Wildman–Crippen MR) is 96.3 cm³/mol. The lowest BCUT2D eigenvalue weighted by atomic mass is 10.2. The van der Waals surface area contributed by atoms with Crippen LogP contribution in [-0.4, -0.2) is 14.8 Å². The Balaban J connectivity index is 2.09. The Hall–Kier alpha value is -1.85.